The van der Waals surface area contributed by atoms with Gasteiger partial charge in [-0.15, -0.1) is 12.6 Å². The molecule has 3 rings (SSSR count). The summed E-state index contributed by atoms with van der Waals surface area (Å²) >= 11 is 0. The van der Waals surface area contributed by atoms with E-state index in [4.69, 9.17) is 5.32 Å². The van der Waals surface area contributed by atoms with E-state index >= 15 is 0 Å². The van der Waals surface area contributed by atoms with Crippen LogP contribution >= 0.6 is 0 Å². The Labute approximate surface area is 203 Å². The minimum absolute atomic E-state index is 0. The van der Waals surface area contributed by atoms with Gasteiger partial charge in [-0.3, -0.25) is 0 Å². The third kappa shape index (κ3) is 8.82. The second-order valence-electron chi connectivity index (χ2n) is 7.65. The van der Waals surface area contributed by atoms with Crippen LogP contribution in [0.4, 0.5) is 0 Å². The maximum absolute atomic E-state index is 4.79. The van der Waals surface area contributed by atoms with Crippen molar-refractivity contribution in [3.63, 3.8) is 0 Å². The number of hydrogen-bond donors (Lipinski definition) is 0. The first-order valence-electron chi connectivity index (χ1n) is 9.84. The predicted octanol–water partition coefficient (Wildman–Crippen LogP) is 4.43. The number of aryl methyl sites for hydroxylation is 1. The van der Waals surface area contributed by atoms with Crippen molar-refractivity contribution in [1.82, 2.24) is 0 Å². The Morgan fingerprint density at radius 2 is 1.46 bits per heavy atom. The van der Waals surface area contributed by atoms with Gasteiger partial charge in [-0.25, -0.2) is 0 Å². The molecule has 0 spiro atoms. The molecule has 0 amide bonds. The molecule has 1 aliphatic carbocycles. The van der Waals surface area contributed by atoms with Crippen molar-refractivity contribution in [3.05, 3.63) is 76.6 Å². The van der Waals surface area contributed by atoms with E-state index in [1.54, 1.807) is 0 Å². The van der Waals surface area contributed by atoms with Crippen LogP contribution in [-0.2, 0) is 0 Å². The average molecular weight is 376 g/mol. The van der Waals surface area contributed by atoms with E-state index < -0.39 is 0 Å². The fraction of sp³-hybridized carbons (Fsp3) is 0.500. The molecule has 0 heterocycles. The van der Waals surface area contributed by atoms with E-state index in [1.807, 2.05) is 6.07 Å². The van der Waals surface area contributed by atoms with E-state index in [0.29, 0.717) is 5.92 Å². The van der Waals surface area contributed by atoms with Crippen molar-refractivity contribution < 1.29 is 51.4 Å². The van der Waals surface area contributed by atoms with Crippen LogP contribution in [0.15, 0.2) is 54.6 Å². The van der Waals surface area contributed by atoms with Gasteiger partial charge in [0.15, 0.2) is 0 Å². The van der Waals surface area contributed by atoms with Gasteiger partial charge in [0.2, 0.25) is 0 Å². The Kier molecular flexibility index (Phi) is 12.3. The zero-order valence-corrected chi connectivity index (χ0v) is 20.5. The summed E-state index contributed by atoms with van der Waals surface area (Å²) in [6.07, 6.45) is 5.95. The molecule has 2 heteroatoms. The fourth-order valence-electron chi connectivity index (χ4n) is 3.28. The second-order valence-corrected chi connectivity index (χ2v) is 7.65. The van der Waals surface area contributed by atoms with Crippen LogP contribution in [0.1, 0.15) is 75.1 Å². The van der Waals surface area contributed by atoms with Crippen molar-refractivity contribution in [2.75, 3.05) is 6.54 Å². The molecule has 26 heavy (non-hydrogen) atoms. The number of rotatable bonds is 5. The molecule has 0 radical (unpaired) electrons. The van der Waals surface area contributed by atoms with Crippen LogP contribution in [0.25, 0.3) is 5.32 Å². The molecule has 0 N–H and O–H groups in total. The van der Waals surface area contributed by atoms with E-state index in [1.165, 1.54) is 42.4 Å². The van der Waals surface area contributed by atoms with Crippen LogP contribution in [0.3, 0.4) is 0 Å². The SMILES string of the molecule is CC1CCCC1.Cc1ccc(C(C)C[N-]C(C)c2ccccc2)cc1.[K+]. The predicted molar refractivity (Wildman–Crippen MR) is 110 cm³/mol. The Morgan fingerprint density at radius 1 is 0.885 bits per heavy atom. The summed E-state index contributed by atoms with van der Waals surface area (Å²) < 4.78 is 0. The van der Waals surface area contributed by atoms with Gasteiger partial charge in [0.05, 0.1) is 0 Å². The summed E-state index contributed by atoms with van der Waals surface area (Å²) in [6, 6.07) is 19.5. The minimum atomic E-state index is 0. The molecule has 0 aliphatic heterocycles. The Balaban J connectivity index is 0.000000410. The van der Waals surface area contributed by atoms with E-state index in [2.05, 4.69) is 76.2 Å². The van der Waals surface area contributed by atoms with E-state index in [-0.39, 0.29) is 57.4 Å². The summed E-state index contributed by atoms with van der Waals surface area (Å²) in [6.45, 7) is 9.74. The molecule has 1 saturated carbocycles. The van der Waals surface area contributed by atoms with Crippen LogP contribution < -0.4 is 51.4 Å². The standard InChI is InChI=1S/C18H22N.C6H12.K/c1-14-9-11-17(12-10-14)15(2)13-19-16(3)18-7-5-4-6-8-18;1-6-4-2-3-5-6;/h4-12,15-16H,13H2,1-3H3;6H,2-5H2,1H3;/q-1;;+1. The Morgan fingerprint density at radius 3 is 1.96 bits per heavy atom. The molecule has 1 fully saturated rings. The van der Waals surface area contributed by atoms with Gasteiger partial charge in [0.25, 0.3) is 0 Å². The molecule has 0 bridgehead atoms. The van der Waals surface area contributed by atoms with Gasteiger partial charge in [-0.05, 0) is 24.3 Å². The molecule has 0 aromatic heterocycles. The maximum Gasteiger partial charge on any atom is 1.00 e. The van der Waals surface area contributed by atoms with Gasteiger partial charge >= 0.3 is 51.4 Å². The van der Waals surface area contributed by atoms with E-state index in [9.17, 15) is 0 Å². The zero-order chi connectivity index (χ0) is 18.1. The first-order chi connectivity index (χ1) is 12.1. The summed E-state index contributed by atoms with van der Waals surface area (Å²) in [7, 11) is 0. The summed E-state index contributed by atoms with van der Waals surface area (Å²) in [5.74, 6) is 1.52. The van der Waals surface area contributed by atoms with Crippen LogP contribution in [-0.4, -0.2) is 6.54 Å². The van der Waals surface area contributed by atoms with Crippen molar-refractivity contribution >= 4 is 0 Å². The van der Waals surface area contributed by atoms with Crippen molar-refractivity contribution in [3.8, 4) is 0 Å². The topological polar surface area (TPSA) is 14.1 Å². The quantitative estimate of drug-likeness (QED) is 0.686. The largest absolute Gasteiger partial charge is 1.00 e. The summed E-state index contributed by atoms with van der Waals surface area (Å²) in [4.78, 5) is 0. The van der Waals surface area contributed by atoms with Gasteiger partial charge < -0.3 is 5.32 Å². The van der Waals surface area contributed by atoms with Crippen LogP contribution in [0, 0.1) is 12.8 Å². The minimum Gasteiger partial charge on any atom is -0.655 e. The molecule has 2 unspecified atom stereocenters. The first-order valence-corrected chi connectivity index (χ1v) is 9.84. The average Bonchev–Trinajstić information content (AvgIpc) is 3.12. The van der Waals surface area contributed by atoms with Crippen LogP contribution in [0.2, 0.25) is 0 Å². The van der Waals surface area contributed by atoms with Gasteiger partial charge in [-0.2, -0.15) is 0 Å². The number of hydrogen-bond acceptors (Lipinski definition) is 0. The van der Waals surface area contributed by atoms with Crippen molar-refractivity contribution in [2.45, 2.75) is 65.3 Å². The Hall–Kier alpha value is 0.0364. The monoisotopic (exact) mass is 375 g/mol. The van der Waals surface area contributed by atoms with Gasteiger partial charge in [0, 0.05) is 0 Å². The second kappa shape index (κ2) is 13.3. The molecule has 1 nitrogen and oxygen atoms in total. The summed E-state index contributed by atoms with van der Waals surface area (Å²) in [5, 5.41) is 4.79. The third-order valence-electron chi connectivity index (χ3n) is 5.23. The van der Waals surface area contributed by atoms with Crippen molar-refractivity contribution in [2.24, 2.45) is 5.92 Å². The Bertz CT molecular complexity index is 587. The molecule has 2 aromatic rings. The molecular weight excluding hydrogens is 341 g/mol. The number of nitrogens with zero attached hydrogens (tertiary/aromatic N) is 1. The molecule has 0 saturated heterocycles. The molecule has 2 aromatic carbocycles. The molecular formula is C24H34KN. The smallest absolute Gasteiger partial charge is 0.655 e. The van der Waals surface area contributed by atoms with Gasteiger partial charge in [0.1, 0.15) is 0 Å². The third-order valence-corrected chi connectivity index (χ3v) is 5.23. The molecule has 2 atom stereocenters. The van der Waals surface area contributed by atoms with Crippen LogP contribution in [0.5, 0.6) is 0 Å². The fourth-order valence-corrected chi connectivity index (χ4v) is 3.28. The van der Waals surface area contributed by atoms with Gasteiger partial charge in [-0.1, -0.05) is 112 Å². The maximum atomic E-state index is 4.79. The normalized spacial score (nSPS) is 16.2. The van der Waals surface area contributed by atoms with Crippen molar-refractivity contribution in [1.29, 1.82) is 0 Å². The molecule has 1 aliphatic rings. The zero-order valence-electron chi connectivity index (χ0n) is 17.4. The first kappa shape index (κ1) is 24.1. The number of benzene rings is 2. The molecule has 136 valence electrons. The van der Waals surface area contributed by atoms with E-state index in [0.717, 1.165) is 12.5 Å². The summed E-state index contributed by atoms with van der Waals surface area (Å²) in [5.41, 5.74) is 3.97.